The number of nitrogens with one attached hydrogen (secondary N) is 1. The Morgan fingerprint density at radius 2 is 2.22 bits per heavy atom. The monoisotopic (exact) mass is 404 g/mol. The van der Waals surface area contributed by atoms with E-state index in [1.54, 1.807) is 36.0 Å². The molecule has 27 heavy (non-hydrogen) atoms. The zero-order valence-electron chi connectivity index (χ0n) is 15.3. The van der Waals surface area contributed by atoms with E-state index in [4.69, 9.17) is 9.26 Å². The van der Waals surface area contributed by atoms with Gasteiger partial charge in [0, 0.05) is 22.8 Å². The van der Waals surface area contributed by atoms with Gasteiger partial charge >= 0.3 is 0 Å². The van der Waals surface area contributed by atoms with E-state index in [-0.39, 0.29) is 5.91 Å². The Hall–Kier alpha value is -2.39. The van der Waals surface area contributed by atoms with E-state index in [0.717, 1.165) is 29.2 Å². The standard InChI is InChI=1S/C18H20N4O3S2/c1-4-8-26-18-20-17(27-22-18)19-16(23)13-6-5-7-14(9-13)24-10-15-11(2)21-25-12(15)3/h5-7,9H,4,8,10H2,1-3H3,(H,19,20,22,23). The first kappa shape index (κ1) is 19.4. The Morgan fingerprint density at radius 3 is 2.96 bits per heavy atom. The molecule has 3 aromatic rings. The van der Waals surface area contributed by atoms with Crippen molar-refractivity contribution in [3.8, 4) is 5.75 Å². The highest BCUT2D eigenvalue weighted by atomic mass is 32.2. The van der Waals surface area contributed by atoms with Crippen LogP contribution in [0.2, 0.25) is 0 Å². The molecule has 0 aliphatic heterocycles. The van der Waals surface area contributed by atoms with Crippen molar-refractivity contribution in [1.82, 2.24) is 14.5 Å². The van der Waals surface area contributed by atoms with Gasteiger partial charge in [-0.3, -0.25) is 10.1 Å². The number of carbonyl (C=O) groups excluding carboxylic acids is 1. The SMILES string of the molecule is CCCSc1nsc(NC(=O)c2cccc(OCc3c(C)noc3C)c2)n1. The number of nitrogens with zero attached hydrogens (tertiary/aromatic N) is 3. The molecule has 3 rings (SSSR count). The summed E-state index contributed by atoms with van der Waals surface area (Å²) in [6, 6.07) is 7.01. The Bertz CT molecular complexity index is 903. The molecule has 0 saturated carbocycles. The van der Waals surface area contributed by atoms with Gasteiger partial charge in [0.1, 0.15) is 18.1 Å². The molecule has 0 aliphatic rings. The predicted octanol–water partition coefficient (Wildman–Crippen LogP) is 4.48. The molecular weight excluding hydrogens is 384 g/mol. The van der Waals surface area contributed by atoms with Gasteiger partial charge in [-0.15, -0.1) is 0 Å². The molecule has 0 bridgehead atoms. The first-order chi connectivity index (χ1) is 13.1. The fourth-order valence-electron chi connectivity index (χ4n) is 2.27. The molecule has 1 N–H and O–H groups in total. The molecule has 2 aromatic heterocycles. The van der Waals surface area contributed by atoms with Crippen molar-refractivity contribution < 1.29 is 14.1 Å². The Labute approximate surface area is 165 Å². The second kappa shape index (κ2) is 9.01. The van der Waals surface area contributed by atoms with Crippen LogP contribution >= 0.6 is 23.3 Å². The molecule has 0 unspecified atom stereocenters. The number of hydrogen-bond acceptors (Lipinski definition) is 8. The summed E-state index contributed by atoms with van der Waals surface area (Å²) in [6.07, 6.45) is 1.05. The molecule has 0 aliphatic carbocycles. The smallest absolute Gasteiger partial charge is 0.257 e. The zero-order valence-corrected chi connectivity index (χ0v) is 16.9. The Kier molecular flexibility index (Phi) is 6.46. The van der Waals surface area contributed by atoms with E-state index in [1.807, 2.05) is 13.8 Å². The predicted molar refractivity (Wildman–Crippen MR) is 106 cm³/mol. The van der Waals surface area contributed by atoms with Gasteiger partial charge in [0.25, 0.3) is 5.91 Å². The topological polar surface area (TPSA) is 90.1 Å². The Balaban J connectivity index is 1.62. The molecule has 142 valence electrons. The lowest BCUT2D eigenvalue weighted by molar-refractivity contribution is 0.102. The fraction of sp³-hybridized carbons (Fsp3) is 0.333. The van der Waals surface area contributed by atoms with Gasteiger partial charge in [-0.05, 0) is 38.5 Å². The molecule has 1 aromatic carbocycles. The van der Waals surface area contributed by atoms with Crippen LogP contribution < -0.4 is 10.1 Å². The number of anilines is 1. The number of amides is 1. The van der Waals surface area contributed by atoms with Crippen LogP contribution in [0, 0.1) is 13.8 Å². The van der Waals surface area contributed by atoms with Crippen LogP contribution in [0.1, 0.15) is 40.7 Å². The third-order valence-corrected chi connectivity index (χ3v) is 5.52. The van der Waals surface area contributed by atoms with Gasteiger partial charge in [0.15, 0.2) is 0 Å². The van der Waals surface area contributed by atoms with Crippen LogP contribution in [0.4, 0.5) is 5.13 Å². The Morgan fingerprint density at radius 1 is 1.37 bits per heavy atom. The quantitative estimate of drug-likeness (QED) is 0.554. The van der Waals surface area contributed by atoms with E-state index >= 15 is 0 Å². The first-order valence-corrected chi connectivity index (χ1v) is 10.2. The molecule has 0 saturated heterocycles. The highest BCUT2D eigenvalue weighted by molar-refractivity contribution is 7.99. The summed E-state index contributed by atoms with van der Waals surface area (Å²) in [5.41, 5.74) is 2.20. The van der Waals surface area contributed by atoms with Crippen molar-refractivity contribution >= 4 is 34.3 Å². The molecule has 9 heteroatoms. The van der Waals surface area contributed by atoms with Crippen molar-refractivity contribution in [3.05, 3.63) is 46.8 Å². The molecule has 2 heterocycles. The van der Waals surface area contributed by atoms with Crippen molar-refractivity contribution in [1.29, 1.82) is 0 Å². The van der Waals surface area contributed by atoms with Crippen LogP contribution in [0.15, 0.2) is 33.9 Å². The average molecular weight is 405 g/mol. The van der Waals surface area contributed by atoms with Crippen LogP contribution in [0.5, 0.6) is 5.75 Å². The lowest BCUT2D eigenvalue weighted by Crippen LogP contribution is -2.11. The molecule has 0 atom stereocenters. The third-order valence-electron chi connectivity index (χ3n) is 3.72. The van der Waals surface area contributed by atoms with Crippen molar-refractivity contribution in [2.45, 2.75) is 39.0 Å². The largest absolute Gasteiger partial charge is 0.489 e. The first-order valence-electron chi connectivity index (χ1n) is 8.49. The number of aromatic nitrogens is 3. The lowest BCUT2D eigenvalue weighted by Gasteiger charge is -2.07. The highest BCUT2D eigenvalue weighted by Gasteiger charge is 2.13. The van der Waals surface area contributed by atoms with Crippen LogP contribution in [-0.2, 0) is 6.61 Å². The maximum atomic E-state index is 12.5. The van der Waals surface area contributed by atoms with Gasteiger partial charge < -0.3 is 9.26 Å². The molecule has 0 fully saturated rings. The summed E-state index contributed by atoms with van der Waals surface area (Å²) in [5.74, 6) is 2.03. The fourth-order valence-corrected chi connectivity index (χ4v) is 3.67. The molecule has 1 amide bonds. The summed E-state index contributed by atoms with van der Waals surface area (Å²) < 4.78 is 15.2. The van der Waals surface area contributed by atoms with E-state index in [2.05, 4.69) is 26.8 Å². The van der Waals surface area contributed by atoms with Crippen LogP contribution in [-0.4, -0.2) is 26.2 Å². The number of hydrogen-bond donors (Lipinski definition) is 1. The number of rotatable bonds is 8. The summed E-state index contributed by atoms with van der Waals surface area (Å²) >= 11 is 2.75. The van der Waals surface area contributed by atoms with Crippen LogP contribution in [0.25, 0.3) is 0 Å². The number of benzene rings is 1. The van der Waals surface area contributed by atoms with Crippen molar-refractivity contribution in [3.63, 3.8) is 0 Å². The number of thioether (sulfide) groups is 1. The minimum Gasteiger partial charge on any atom is -0.489 e. The van der Waals surface area contributed by atoms with Crippen LogP contribution in [0.3, 0.4) is 0 Å². The third kappa shape index (κ3) is 5.08. The lowest BCUT2D eigenvalue weighted by atomic mass is 10.2. The second-order valence-electron chi connectivity index (χ2n) is 5.80. The second-order valence-corrected chi connectivity index (χ2v) is 7.62. The minimum absolute atomic E-state index is 0.249. The van der Waals surface area contributed by atoms with Gasteiger partial charge in [-0.1, -0.05) is 29.9 Å². The molecule has 0 spiro atoms. The van der Waals surface area contributed by atoms with Gasteiger partial charge in [0.05, 0.1) is 11.3 Å². The molecular formula is C18H20N4O3S2. The summed E-state index contributed by atoms with van der Waals surface area (Å²) in [4.78, 5) is 16.8. The van der Waals surface area contributed by atoms with E-state index in [1.165, 1.54) is 11.5 Å². The van der Waals surface area contributed by atoms with E-state index in [0.29, 0.717) is 28.2 Å². The minimum atomic E-state index is -0.249. The normalized spacial score (nSPS) is 10.8. The number of aryl methyl sites for hydroxylation is 2. The maximum Gasteiger partial charge on any atom is 0.257 e. The average Bonchev–Trinajstić information content (AvgIpc) is 3.25. The summed E-state index contributed by atoms with van der Waals surface area (Å²) in [5, 5.41) is 7.87. The van der Waals surface area contributed by atoms with E-state index in [9.17, 15) is 4.79 Å². The van der Waals surface area contributed by atoms with Crippen molar-refractivity contribution in [2.24, 2.45) is 0 Å². The molecule has 7 nitrogen and oxygen atoms in total. The number of carbonyl (C=O) groups is 1. The van der Waals surface area contributed by atoms with Gasteiger partial charge in [-0.2, -0.15) is 9.36 Å². The summed E-state index contributed by atoms with van der Waals surface area (Å²) in [7, 11) is 0. The van der Waals surface area contributed by atoms with Gasteiger partial charge in [0.2, 0.25) is 10.3 Å². The summed E-state index contributed by atoms with van der Waals surface area (Å²) in [6.45, 7) is 6.15. The highest BCUT2D eigenvalue weighted by Crippen LogP contribution is 2.22. The number of ether oxygens (including phenoxy) is 1. The molecule has 0 radical (unpaired) electrons. The zero-order chi connectivity index (χ0) is 19.2. The van der Waals surface area contributed by atoms with Crippen molar-refractivity contribution in [2.75, 3.05) is 11.1 Å². The van der Waals surface area contributed by atoms with E-state index < -0.39 is 0 Å². The van der Waals surface area contributed by atoms with Gasteiger partial charge in [-0.25, -0.2) is 0 Å². The maximum absolute atomic E-state index is 12.5.